The first-order chi connectivity index (χ1) is 11.6. The molecule has 1 aliphatic rings. The van der Waals surface area contributed by atoms with Crippen molar-refractivity contribution in [2.45, 2.75) is 18.9 Å². The maximum absolute atomic E-state index is 12.9. The molecule has 2 N–H and O–H groups in total. The van der Waals surface area contributed by atoms with E-state index >= 15 is 0 Å². The fourth-order valence-electron chi connectivity index (χ4n) is 2.83. The lowest BCUT2D eigenvalue weighted by Gasteiger charge is -2.24. The lowest BCUT2D eigenvalue weighted by molar-refractivity contribution is -0.119. The molecule has 3 rings (SSSR count). The lowest BCUT2D eigenvalue weighted by atomic mass is 10.1. The van der Waals surface area contributed by atoms with Crippen molar-refractivity contribution >= 4 is 29.1 Å². The number of likely N-dealkylation sites (tertiary alicyclic amines) is 1. The molecule has 0 spiro atoms. The van der Waals surface area contributed by atoms with E-state index in [1.54, 1.807) is 29.3 Å². The average Bonchev–Trinajstić information content (AvgIpc) is 3.25. The van der Waals surface area contributed by atoms with E-state index in [1.807, 2.05) is 0 Å². The van der Waals surface area contributed by atoms with Gasteiger partial charge in [-0.25, -0.2) is 0 Å². The van der Waals surface area contributed by atoms with Crippen LogP contribution >= 0.6 is 11.6 Å². The molecule has 0 radical (unpaired) electrons. The average molecular weight is 349 g/mol. The predicted molar refractivity (Wildman–Crippen MR) is 89.3 cm³/mol. The summed E-state index contributed by atoms with van der Waals surface area (Å²) in [6.45, 7) is 0.512. The fourth-order valence-corrected chi connectivity index (χ4v) is 3.00. The molecule has 0 saturated carbocycles. The monoisotopic (exact) mass is 348 g/mol. The number of carbonyl (C=O) groups excluding carboxylic acids is 2. The molecule has 0 bridgehead atoms. The minimum absolute atomic E-state index is 0.233. The van der Waals surface area contributed by atoms with Gasteiger partial charge in [0.1, 0.15) is 11.8 Å². The van der Waals surface area contributed by atoms with Crippen molar-refractivity contribution in [3.8, 4) is 5.75 Å². The lowest BCUT2D eigenvalue weighted by Crippen LogP contribution is -2.43. The zero-order chi connectivity index (χ0) is 17.1. The number of methoxy groups -OCH3 is 1. The molecule has 1 aromatic carbocycles. The second-order valence-electron chi connectivity index (χ2n) is 5.48. The summed E-state index contributed by atoms with van der Waals surface area (Å²) in [5.74, 6) is -0.0623. The summed E-state index contributed by atoms with van der Waals surface area (Å²) in [6.07, 6.45) is 4.47. The van der Waals surface area contributed by atoms with Crippen LogP contribution in [-0.4, -0.2) is 46.6 Å². The van der Waals surface area contributed by atoms with E-state index in [0.29, 0.717) is 35.0 Å². The molecule has 1 fully saturated rings. The van der Waals surface area contributed by atoms with Crippen molar-refractivity contribution in [2.75, 3.05) is 19.0 Å². The van der Waals surface area contributed by atoms with E-state index in [9.17, 15) is 9.59 Å². The Morgan fingerprint density at radius 3 is 3.00 bits per heavy atom. The van der Waals surface area contributed by atoms with Gasteiger partial charge in [-0.3, -0.25) is 14.7 Å². The maximum atomic E-state index is 12.9. The summed E-state index contributed by atoms with van der Waals surface area (Å²) in [5.41, 5.74) is 0.924. The smallest absolute Gasteiger partial charge is 0.258 e. The van der Waals surface area contributed by atoms with E-state index in [0.717, 1.165) is 6.42 Å². The van der Waals surface area contributed by atoms with Gasteiger partial charge in [0.2, 0.25) is 5.91 Å². The summed E-state index contributed by atoms with van der Waals surface area (Å²) in [4.78, 5) is 26.9. The van der Waals surface area contributed by atoms with Gasteiger partial charge < -0.3 is 15.0 Å². The SMILES string of the molecule is COc1ccc(Cl)cc1C(=O)N1CCCC1C(=O)Nc1cn[nH]c1. The van der Waals surface area contributed by atoms with Gasteiger partial charge in [0.05, 0.1) is 24.6 Å². The van der Waals surface area contributed by atoms with Gasteiger partial charge in [-0.2, -0.15) is 5.10 Å². The van der Waals surface area contributed by atoms with Gasteiger partial charge in [0.15, 0.2) is 0 Å². The van der Waals surface area contributed by atoms with Crippen LogP contribution in [0.25, 0.3) is 0 Å². The largest absolute Gasteiger partial charge is 0.496 e. The number of halogens is 1. The first kappa shape index (κ1) is 16.3. The Bertz CT molecular complexity index is 748. The molecule has 7 nitrogen and oxygen atoms in total. The number of aromatic nitrogens is 2. The first-order valence-corrected chi connectivity index (χ1v) is 7.92. The van der Waals surface area contributed by atoms with Crippen molar-refractivity contribution in [2.24, 2.45) is 0 Å². The summed E-state index contributed by atoms with van der Waals surface area (Å²) in [7, 11) is 1.49. The van der Waals surface area contributed by atoms with Gasteiger partial charge in [0, 0.05) is 17.8 Å². The minimum atomic E-state index is -0.531. The molecule has 1 aliphatic heterocycles. The van der Waals surface area contributed by atoms with Crippen LogP contribution in [0.2, 0.25) is 5.02 Å². The van der Waals surface area contributed by atoms with Crippen molar-refractivity contribution in [1.82, 2.24) is 15.1 Å². The van der Waals surface area contributed by atoms with Gasteiger partial charge >= 0.3 is 0 Å². The number of hydrogen-bond donors (Lipinski definition) is 2. The van der Waals surface area contributed by atoms with Crippen LogP contribution in [0.5, 0.6) is 5.75 Å². The van der Waals surface area contributed by atoms with Crippen LogP contribution in [0.1, 0.15) is 23.2 Å². The zero-order valence-corrected chi connectivity index (χ0v) is 13.8. The number of carbonyl (C=O) groups is 2. The Kier molecular flexibility index (Phi) is 4.71. The number of hydrogen-bond acceptors (Lipinski definition) is 4. The molecule has 24 heavy (non-hydrogen) atoms. The van der Waals surface area contributed by atoms with Crippen LogP contribution in [0.4, 0.5) is 5.69 Å². The van der Waals surface area contributed by atoms with Crippen molar-refractivity contribution in [1.29, 1.82) is 0 Å². The summed E-state index contributed by atoms with van der Waals surface area (Å²) in [5, 5.41) is 9.61. The Morgan fingerprint density at radius 2 is 2.29 bits per heavy atom. The quantitative estimate of drug-likeness (QED) is 0.887. The number of H-pyrrole nitrogens is 1. The van der Waals surface area contributed by atoms with Gasteiger partial charge in [-0.15, -0.1) is 0 Å². The van der Waals surface area contributed by atoms with Crippen LogP contribution in [0.15, 0.2) is 30.6 Å². The molecule has 0 aliphatic carbocycles. The van der Waals surface area contributed by atoms with E-state index in [2.05, 4.69) is 15.5 Å². The van der Waals surface area contributed by atoms with Crippen molar-refractivity contribution in [3.63, 3.8) is 0 Å². The van der Waals surface area contributed by atoms with E-state index in [-0.39, 0.29) is 11.8 Å². The second-order valence-corrected chi connectivity index (χ2v) is 5.91. The molecule has 1 atom stereocenters. The Morgan fingerprint density at radius 1 is 1.46 bits per heavy atom. The van der Waals surface area contributed by atoms with Crippen LogP contribution in [-0.2, 0) is 4.79 Å². The molecular formula is C16H17ClN4O3. The summed E-state index contributed by atoms with van der Waals surface area (Å²) in [6, 6.07) is 4.33. The van der Waals surface area contributed by atoms with E-state index in [1.165, 1.54) is 13.3 Å². The fraction of sp³-hybridized carbons (Fsp3) is 0.312. The molecular weight excluding hydrogens is 332 g/mol. The maximum Gasteiger partial charge on any atom is 0.258 e. The molecule has 126 valence electrons. The highest BCUT2D eigenvalue weighted by molar-refractivity contribution is 6.31. The topological polar surface area (TPSA) is 87.3 Å². The van der Waals surface area contributed by atoms with Crippen LogP contribution in [0.3, 0.4) is 0 Å². The molecule has 1 unspecified atom stereocenters. The van der Waals surface area contributed by atoms with Gasteiger partial charge in [-0.05, 0) is 31.0 Å². The highest BCUT2D eigenvalue weighted by atomic mass is 35.5. The number of anilines is 1. The third kappa shape index (κ3) is 3.21. The predicted octanol–water partition coefficient (Wildman–Crippen LogP) is 2.31. The van der Waals surface area contributed by atoms with Crippen LogP contribution in [0, 0.1) is 0 Å². The van der Waals surface area contributed by atoms with Crippen molar-refractivity contribution < 1.29 is 14.3 Å². The normalized spacial score (nSPS) is 16.9. The van der Waals surface area contributed by atoms with Crippen molar-refractivity contribution in [3.05, 3.63) is 41.2 Å². The number of amides is 2. The van der Waals surface area contributed by atoms with Crippen LogP contribution < -0.4 is 10.1 Å². The number of aromatic amines is 1. The second kappa shape index (κ2) is 6.92. The van der Waals surface area contributed by atoms with Gasteiger partial charge in [-0.1, -0.05) is 11.6 Å². The summed E-state index contributed by atoms with van der Waals surface area (Å²) >= 11 is 6.00. The number of rotatable bonds is 4. The molecule has 8 heteroatoms. The Labute approximate surface area is 143 Å². The molecule has 1 aromatic heterocycles. The zero-order valence-electron chi connectivity index (χ0n) is 13.1. The third-order valence-corrected chi connectivity index (χ3v) is 4.21. The molecule has 2 heterocycles. The number of nitrogens with one attached hydrogen (secondary N) is 2. The highest BCUT2D eigenvalue weighted by Gasteiger charge is 2.35. The third-order valence-electron chi connectivity index (χ3n) is 3.97. The number of benzene rings is 1. The first-order valence-electron chi connectivity index (χ1n) is 7.54. The van der Waals surface area contributed by atoms with Gasteiger partial charge in [0.25, 0.3) is 5.91 Å². The number of nitrogens with zero attached hydrogens (tertiary/aromatic N) is 2. The Hall–Kier alpha value is -2.54. The van der Waals surface area contributed by atoms with E-state index in [4.69, 9.17) is 16.3 Å². The van der Waals surface area contributed by atoms with E-state index < -0.39 is 6.04 Å². The Balaban J connectivity index is 1.81. The molecule has 2 amide bonds. The molecule has 1 saturated heterocycles. The molecule has 2 aromatic rings. The summed E-state index contributed by atoms with van der Waals surface area (Å²) < 4.78 is 5.24. The minimum Gasteiger partial charge on any atom is -0.496 e. The highest BCUT2D eigenvalue weighted by Crippen LogP contribution is 2.28. The standard InChI is InChI=1S/C16H17ClN4O3/c1-24-14-5-4-10(17)7-12(14)16(23)21-6-2-3-13(21)15(22)20-11-8-18-19-9-11/h4-5,7-9,13H,2-3,6H2,1H3,(H,18,19)(H,20,22). The number of ether oxygens (including phenoxy) is 1.